The van der Waals surface area contributed by atoms with Gasteiger partial charge in [-0.25, -0.2) is 13.1 Å². The topological polar surface area (TPSA) is 75.3 Å². The largest absolute Gasteiger partial charge is 0.353 e. The number of aryl methyl sites for hydroxylation is 1. The molecule has 0 spiro atoms. The molecule has 128 valence electrons. The van der Waals surface area contributed by atoms with E-state index in [0.717, 1.165) is 18.4 Å². The van der Waals surface area contributed by atoms with Crippen molar-refractivity contribution < 1.29 is 13.2 Å². The zero-order valence-electron chi connectivity index (χ0n) is 14.0. The van der Waals surface area contributed by atoms with Gasteiger partial charge >= 0.3 is 0 Å². The van der Waals surface area contributed by atoms with E-state index in [1.165, 1.54) is 0 Å². The first-order chi connectivity index (χ1) is 10.8. The lowest BCUT2D eigenvalue weighted by Gasteiger charge is -2.17. The van der Waals surface area contributed by atoms with Crippen molar-refractivity contribution in [3.63, 3.8) is 0 Å². The number of benzene rings is 1. The van der Waals surface area contributed by atoms with E-state index in [1.54, 1.807) is 24.3 Å². The molecule has 1 aromatic carbocycles. The van der Waals surface area contributed by atoms with Crippen LogP contribution in [0.4, 0.5) is 0 Å². The number of hydrogen-bond acceptors (Lipinski definition) is 3. The highest BCUT2D eigenvalue weighted by atomic mass is 32.2. The smallest absolute Gasteiger partial charge is 0.240 e. The van der Waals surface area contributed by atoms with Crippen molar-refractivity contribution in [1.29, 1.82) is 0 Å². The summed E-state index contributed by atoms with van der Waals surface area (Å²) in [6.45, 7) is 6.13. The molecule has 2 rings (SSSR count). The quantitative estimate of drug-likeness (QED) is 0.763. The van der Waals surface area contributed by atoms with E-state index in [0.29, 0.717) is 18.8 Å². The van der Waals surface area contributed by atoms with E-state index in [9.17, 15) is 13.2 Å². The fraction of sp³-hybridized carbons (Fsp3) is 0.588. The first-order valence-electron chi connectivity index (χ1n) is 8.18. The van der Waals surface area contributed by atoms with Crippen molar-refractivity contribution >= 4 is 15.9 Å². The van der Waals surface area contributed by atoms with Gasteiger partial charge in [0.05, 0.1) is 4.90 Å². The van der Waals surface area contributed by atoms with Crippen molar-refractivity contribution in [3.8, 4) is 0 Å². The third kappa shape index (κ3) is 5.62. The van der Waals surface area contributed by atoms with Crippen LogP contribution in [-0.4, -0.2) is 26.4 Å². The van der Waals surface area contributed by atoms with Crippen LogP contribution in [0.25, 0.3) is 0 Å². The van der Waals surface area contributed by atoms with E-state index >= 15 is 0 Å². The Labute approximate surface area is 138 Å². The standard InChI is InChI=1S/C17H26N2O3S/c1-12(2)13(3)18-17(20)11-6-14-4-9-16(10-5-14)23(21,22)19-15-7-8-15/h4-5,9-10,12-13,15,19H,6-8,11H2,1-3H3,(H,18,20)/t13-/m0/s1. The molecule has 5 nitrogen and oxygen atoms in total. The lowest BCUT2D eigenvalue weighted by molar-refractivity contribution is -0.121. The maximum Gasteiger partial charge on any atom is 0.240 e. The molecule has 1 fully saturated rings. The van der Waals surface area contributed by atoms with Crippen molar-refractivity contribution in [1.82, 2.24) is 10.0 Å². The highest BCUT2D eigenvalue weighted by Crippen LogP contribution is 2.22. The zero-order valence-corrected chi connectivity index (χ0v) is 14.8. The van der Waals surface area contributed by atoms with Gasteiger partial charge in [0.1, 0.15) is 0 Å². The van der Waals surface area contributed by atoms with Gasteiger partial charge in [0.15, 0.2) is 0 Å². The van der Waals surface area contributed by atoms with Crippen molar-refractivity contribution in [3.05, 3.63) is 29.8 Å². The Balaban J connectivity index is 1.86. The van der Waals surface area contributed by atoms with Crippen molar-refractivity contribution in [2.75, 3.05) is 0 Å². The van der Waals surface area contributed by atoms with E-state index in [2.05, 4.69) is 23.9 Å². The number of carbonyl (C=O) groups is 1. The van der Waals surface area contributed by atoms with Crippen LogP contribution >= 0.6 is 0 Å². The second kappa shape index (κ2) is 7.45. The van der Waals surface area contributed by atoms with Gasteiger partial charge in [0.2, 0.25) is 15.9 Å². The molecule has 0 heterocycles. The van der Waals surface area contributed by atoms with E-state index in [1.807, 2.05) is 6.92 Å². The second-order valence-corrected chi connectivity index (χ2v) is 8.35. The highest BCUT2D eigenvalue weighted by molar-refractivity contribution is 7.89. The highest BCUT2D eigenvalue weighted by Gasteiger charge is 2.27. The normalized spacial score (nSPS) is 16.3. The third-order valence-electron chi connectivity index (χ3n) is 4.16. The van der Waals surface area contributed by atoms with Gasteiger partial charge in [0.25, 0.3) is 0 Å². The number of sulfonamides is 1. The Morgan fingerprint density at radius 1 is 1.17 bits per heavy atom. The van der Waals surface area contributed by atoms with Gasteiger partial charge in [-0.1, -0.05) is 26.0 Å². The summed E-state index contributed by atoms with van der Waals surface area (Å²) in [7, 11) is -3.40. The van der Waals surface area contributed by atoms with Crippen LogP contribution in [0.2, 0.25) is 0 Å². The summed E-state index contributed by atoms with van der Waals surface area (Å²) >= 11 is 0. The fourth-order valence-corrected chi connectivity index (χ4v) is 3.38. The predicted octanol–water partition coefficient (Wildman–Crippen LogP) is 2.22. The molecule has 1 saturated carbocycles. The Kier molecular flexibility index (Phi) is 5.81. The van der Waals surface area contributed by atoms with Gasteiger partial charge in [-0.2, -0.15) is 0 Å². The van der Waals surface area contributed by atoms with Gasteiger partial charge in [-0.3, -0.25) is 4.79 Å². The summed E-state index contributed by atoms with van der Waals surface area (Å²) < 4.78 is 26.8. The molecular weight excluding hydrogens is 312 g/mol. The summed E-state index contributed by atoms with van der Waals surface area (Å²) in [6.07, 6.45) is 2.85. The van der Waals surface area contributed by atoms with Gasteiger partial charge < -0.3 is 5.32 Å². The molecule has 2 N–H and O–H groups in total. The van der Waals surface area contributed by atoms with Crippen LogP contribution in [0.1, 0.15) is 45.6 Å². The number of nitrogens with one attached hydrogen (secondary N) is 2. The first kappa shape index (κ1) is 17.9. The monoisotopic (exact) mass is 338 g/mol. The molecule has 0 unspecified atom stereocenters. The predicted molar refractivity (Wildman–Crippen MR) is 90.5 cm³/mol. The number of carbonyl (C=O) groups excluding carboxylic acids is 1. The van der Waals surface area contributed by atoms with Gasteiger partial charge in [-0.05, 0) is 49.8 Å². The van der Waals surface area contributed by atoms with Crippen LogP contribution in [0.3, 0.4) is 0 Å². The molecule has 0 radical (unpaired) electrons. The van der Waals surface area contributed by atoms with E-state index in [4.69, 9.17) is 0 Å². The summed E-state index contributed by atoms with van der Waals surface area (Å²) in [6, 6.07) is 7.03. The summed E-state index contributed by atoms with van der Waals surface area (Å²) in [5, 5.41) is 2.97. The SMILES string of the molecule is CC(C)[C@H](C)NC(=O)CCc1ccc(S(=O)(=O)NC2CC2)cc1. The molecule has 0 saturated heterocycles. The average molecular weight is 338 g/mol. The molecule has 1 aromatic rings. The number of amides is 1. The minimum Gasteiger partial charge on any atom is -0.353 e. The molecule has 1 aliphatic carbocycles. The fourth-order valence-electron chi connectivity index (χ4n) is 2.07. The molecule has 1 amide bonds. The molecular formula is C17H26N2O3S. The van der Waals surface area contributed by atoms with Gasteiger partial charge in [-0.15, -0.1) is 0 Å². The number of hydrogen-bond donors (Lipinski definition) is 2. The number of rotatable bonds is 8. The lowest BCUT2D eigenvalue weighted by atomic mass is 10.1. The summed E-state index contributed by atoms with van der Waals surface area (Å²) in [5.41, 5.74) is 0.961. The maximum atomic E-state index is 12.1. The Morgan fingerprint density at radius 3 is 2.30 bits per heavy atom. The Hall–Kier alpha value is -1.40. The van der Waals surface area contributed by atoms with Crippen molar-refractivity contribution in [2.24, 2.45) is 5.92 Å². The summed E-state index contributed by atoms with van der Waals surface area (Å²) in [4.78, 5) is 12.2. The van der Waals surface area contributed by atoms with Crippen LogP contribution in [0.15, 0.2) is 29.2 Å². The Bertz CT molecular complexity index is 634. The van der Waals surface area contributed by atoms with Crippen LogP contribution in [0, 0.1) is 5.92 Å². The second-order valence-electron chi connectivity index (χ2n) is 6.64. The lowest BCUT2D eigenvalue weighted by Crippen LogP contribution is -2.36. The van der Waals surface area contributed by atoms with Crippen LogP contribution in [0.5, 0.6) is 0 Å². The van der Waals surface area contributed by atoms with E-state index < -0.39 is 10.0 Å². The molecule has 1 aliphatic rings. The summed E-state index contributed by atoms with van der Waals surface area (Å²) in [5.74, 6) is 0.431. The van der Waals surface area contributed by atoms with E-state index in [-0.39, 0.29) is 22.9 Å². The minimum atomic E-state index is -3.40. The first-order valence-corrected chi connectivity index (χ1v) is 9.67. The zero-order chi connectivity index (χ0) is 17.0. The van der Waals surface area contributed by atoms with Crippen LogP contribution in [-0.2, 0) is 21.2 Å². The molecule has 0 bridgehead atoms. The molecule has 6 heteroatoms. The van der Waals surface area contributed by atoms with Gasteiger partial charge in [0, 0.05) is 18.5 Å². The Morgan fingerprint density at radius 2 is 1.78 bits per heavy atom. The minimum absolute atomic E-state index is 0.0262. The average Bonchev–Trinajstić information content (AvgIpc) is 3.28. The maximum absolute atomic E-state index is 12.1. The molecule has 0 aliphatic heterocycles. The van der Waals surface area contributed by atoms with Crippen molar-refractivity contribution in [2.45, 2.75) is 63.4 Å². The molecule has 23 heavy (non-hydrogen) atoms. The molecule has 0 aromatic heterocycles. The third-order valence-corrected chi connectivity index (χ3v) is 5.70. The van der Waals surface area contributed by atoms with Crippen LogP contribution < -0.4 is 10.0 Å². The molecule has 1 atom stereocenters.